The van der Waals surface area contributed by atoms with Crippen LogP contribution in [0.25, 0.3) is 22.2 Å². The first kappa shape index (κ1) is 20.0. The molecule has 0 unspecified atom stereocenters. The van der Waals surface area contributed by atoms with Gasteiger partial charge in [0.05, 0.1) is 5.88 Å². The second-order valence-electron chi connectivity index (χ2n) is 6.85. The molecule has 0 aliphatic heterocycles. The van der Waals surface area contributed by atoms with Crippen molar-refractivity contribution in [3.63, 3.8) is 0 Å². The van der Waals surface area contributed by atoms with E-state index in [-0.39, 0.29) is 5.75 Å². The smallest absolute Gasteiger partial charge is 0.181 e. The van der Waals surface area contributed by atoms with E-state index in [1.165, 1.54) is 12.0 Å². The Hall–Kier alpha value is -3.24. The van der Waals surface area contributed by atoms with E-state index in [9.17, 15) is 5.11 Å². The topological polar surface area (TPSA) is 55.5 Å². The highest BCUT2D eigenvalue weighted by Gasteiger charge is 2.14. The number of phenolic OH excluding ortho intramolecular Hbond substituents is 1. The van der Waals surface area contributed by atoms with Crippen LogP contribution in [0.15, 0.2) is 77.5 Å². The number of phenols is 1. The first-order chi connectivity index (χ1) is 14.7. The molecule has 4 aromatic rings. The lowest BCUT2D eigenvalue weighted by atomic mass is 9.88. The average Bonchev–Trinajstić information content (AvgIpc) is 3.25. The van der Waals surface area contributed by atoms with Gasteiger partial charge in [-0.15, -0.1) is 11.6 Å². The van der Waals surface area contributed by atoms with Crippen molar-refractivity contribution in [2.24, 2.45) is 0 Å². The van der Waals surface area contributed by atoms with Gasteiger partial charge in [-0.25, -0.2) is 4.98 Å². The summed E-state index contributed by atoms with van der Waals surface area (Å²) in [4.78, 5) is 4.30. The van der Waals surface area contributed by atoms with Gasteiger partial charge in [-0.3, -0.25) is 0 Å². The fourth-order valence-corrected chi connectivity index (χ4v) is 3.67. The minimum atomic E-state index is 0.241. The average molecular weight is 420 g/mol. The Kier molecular flexibility index (Phi) is 6.05. The Bertz CT molecular complexity index is 1160. The van der Waals surface area contributed by atoms with Gasteiger partial charge in [0.25, 0.3) is 0 Å². The monoisotopic (exact) mass is 419 g/mol. The number of alkyl halides is 1. The van der Waals surface area contributed by atoms with E-state index in [0.29, 0.717) is 12.5 Å². The second kappa shape index (κ2) is 9.06. The summed E-state index contributed by atoms with van der Waals surface area (Å²) in [6, 6.07) is 21.4. The van der Waals surface area contributed by atoms with Gasteiger partial charge < -0.3 is 14.3 Å². The van der Waals surface area contributed by atoms with Gasteiger partial charge >= 0.3 is 0 Å². The standard InChI is InChI=1S/C25H22ClNO3/c1-2-22(19-7-12-24-23(15-19)27-16-30-24)25(17-3-8-20(28)9-4-17)18-5-10-21(11-6-18)29-14-13-26/h3-12,15-16,28H,2,13-14H2,1H3/b25-22+. The number of hydrogen-bond acceptors (Lipinski definition) is 4. The van der Waals surface area contributed by atoms with Crippen LogP contribution in [0.1, 0.15) is 30.0 Å². The van der Waals surface area contributed by atoms with Crippen LogP contribution in [-0.2, 0) is 0 Å². The summed E-state index contributed by atoms with van der Waals surface area (Å²) in [6.07, 6.45) is 2.29. The summed E-state index contributed by atoms with van der Waals surface area (Å²) in [6.45, 7) is 2.61. The Morgan fingerprint density at radius 1 is 0.967 bits per heavy atom. The zero-order valence-electron chi connectivity index (χ0n) is 16.6. The predicted molar refractivity (Wildman–Crippen MR) is 121 cm³/mol. The molecule has 3 aromatic carbocycles. The van der Waals surface area contributed by atoms with Crippen molar-refractivity contribution in [3.05, 3.63) is 89.8 Å². The van der Waals surface area contributed by atoms with Gasteiger partial charge in [-0.1, -0.05) is 37.3 Å². The van der Waals surface area contributed by atoms with Crippen LogP contribution >= 0.6 is 11.6 Å². The summed E-state index contributed by atoms with van der Waals surface area (Å²) in [7, 11) is 0. The van der Waals surface area contributed by atoms with E-state index in [2.05, 4.69) is 36.2 Å². The SMILES string of the molecule is CC/C(=C(/c1ccc(O)cc1)c1ccc(OCCCl)cc1)c1ccc2ocnc2c1. The maximum atomic E-state index is 9.77. The van der Waals surface area contributed by atoms with Gasteiger partial charge in [0, 0.05) is 0 Å². The van der Waals surface area contributed by atoms with Crippen LogP contribution in [-0.4, -0.2) is 22.6 Å². The molecule has 1 heterocycles. The fourth-order valence-electron chi connectivity index (χ4n) is 3.59. The highest BCUT2D eigenvalue weighted by Crippen LogP contribution is 2.36. The summed E-state index contributed by atoms with van der Waals surface area (Å²) < 4.78 is 11.0. The molecule has 30 heavy (non-hydrogen) atoms. The molecular weight excluding hydrogens is 398 g/mol. The van der Waals surface area contributed by atoms with Crippen LogP contribution < -0.4 is 4.74 Å². The quantitative estimate of drug-likeness (QED) is 0.273. The van der Waals surface area contributed by atoms with Crippen LogP contribution in [0.2, 0.25) is 0 Å². The molecule has 4 nitrogen and oxygen atoms in total. The molecule has 0 bridgehead atoms. The minimum Gasteiger partial charge on any atom is -0.508 e. The number of hydrogen-bond donors (Lipinski definition) is 1. The fraction of sp³-hybridized carbons (Fsp3) is 0.160. The molecule has 4 rings (SSSR count). The van der Waals surface area contributed by atoms with Crippen LogP contribution in [0, 0.1) is 0 Å². The molecule has 0 saturated heterocycles. The maximum absolute atomic E-state index is 9.77. The lowest BCUT2D eigenvalue weighted by Gasteiger charge is -2.17. The second-order valence-corrected chi connectivity index (χ2v) is 7.23. The Morgan fingerprint density at radius 2 is 1.63 bits per heavy atom. The summed E-state index contributed by atoms with van der Waals surface area (Å²) in [5, 5.41) is 9.77. The number of rotatable bonds is 7. The number of ether oxygens (including phenoxy) is 1. The first-order valence-corrected chi connectivity index (χ1v) is 10.4. The predicted octanol–water partition coefficient (Wildman–Crippen LogP) is 6.52. The van der Waals surface area contributed by atoms with E-state index < -0.39 is 0 Å². The van der Waals surface area contributed by atoms with Gasteiger partial charge in [0.2, 0.25) is 0 Å². The summed E-state index contributed by atoms with van der Waals surface area (Å²) >= 11 is 5.72. The molecule has 0 aliphatic rings. The van der Waals surface area contributed by atoms with Crippen molar-refractivity contribution in [3.8, 4) is 11.5 Å². The number of allylic oxidation sites excluding steroid dienone is 1. The van der Waals surface area contributed by atoms with Crippen LogP contribution in [0.3, 0.4) is 0 Å². The molecule has 0 amide bonds. The molecule has 0 radical (unpaired) electrons. The van der Waals surface area contributed by atoms with E-state index >= 15 is 0 Å². The molecule has 152 valence electrons. The molecule has 0 atom stereocenters. The van der Waals surface area contributed by atoms with Crippen molar-refractivity contribution < 1.29 is 14.3 Å². The maximum Gasteiger partial charge on any atom is 0.181 e. The van der Waals surface area contributed by atoms with Gasteiger partial charge in [-0.05, 0) is 70.7 Å². The zero-order valence-corrected chi connectivity index (χ0v) is 17.4. The van der Waals surface area contributed by atoms with Crippen molar-refractivity contribution in [2.75, 3.05) is 12.5 Å². The molecule has 0 spiro atoms. The summed E-state index contributed by atoms with van der Waals surface area (Å²) in [5.74, 6) is 1.47. The number of nitrogens with zero attached hydrogens (tertiary/aromatic N) is 1. The van der Waals surface area contributed by atoms with Gasteiger partial charge in [0.15, 0.2) is 12.0 Å². The Balaban J connectivity index is 1.87. The highest BCUT2D eigenvalue weighted by molar-refractivity contribution is 6.18. The zero-order chi connectivity index (χ0) is 20.9. The largest absolute Gasteiger partial charge is 0.508 e. The lowest BCUT2D eigenvalue weighted by Crippen LogP contribution is -1.99. The number of oxazole rings is 1. The lowest BCUT2D eigenvalue weighted by molar-refractivity contribution is 0.343. The number of benzene rings is 3. The van der Waals surface area contributed by atoms with Crippen molar-refractivity contribution in [2.45, 2.75) is 13.3 Å². The van der Waals surface area contributed by atoms with Crippen molar-refractivity contribution >= 4 is 33.8 Å². The van der Waals surface area contributed by atoms with E-state index in [1.54, 1.807) is 12.1 Å². The third-order valence-electron chi connectivity index (χ3n) is 4.98. The van der Waals surface area contributed by atoms with Crippen LogP contribution in [0.4, 0.5) is 0 Å². The third kappa shape index (κ3) is 4.19. The first-order valence-electron chi connectivity index (χ1n) is 9.85. The third-order valence-corrected chi connectivity index (χ3v) is 5.13. The molecule has 5 heteroatoms. The number of halogens is 1. The Labute approximate surface area is 180 Å². The Morgan fingerprint density at radius 3 is 2.30 bits per heavy atom. The van der Waals surface area contributed by atoms with E-state index in [4.69, 9.17) is 20.8 Å². The minimum absolute atomic E-state index is 0.241. The number of aromatic nitrogens is 1. The molecule has 1 aromatic heterocycles. The molecule has 0 fully saturated rings. The normalized spacial score (nSPS) is 12.1. The number of fused-ring (bicyclic) bond motifs is 1. The van der Waals surface area contributed by atoms with E-state index in [1.807, 2.05) is 30.3 Å². The molecule has 1 N–H and O–H groups in total. The summed E-state index contributed by atoms with van der Waals surface area (Å²) in [5.41, 5.74) is 7.05. The van der Waals surface area contributed by atoms with E-state index in [0.717, 1.165) is 45.5 Å². The molecule has 0 aliphatic carbocycles. The van der Waals surface area contributed by atoms with Crippen LogP contribution in [0.5, 0.6) is 11.5 Å². The number of aromatic hydroxyl groups is 1. The van der Waals surface area contributed by atoms with Crippen molar-refractivity contribution in [1.82, 2.24) is 4.98 Å². The molecule has 0 saturated carbocycles. The van der Waals surface area contributed by atoms with Gasteiger partial charge in [0.1, 0.15) is 23.6 Å². The van der Waals surface area contributed by atoms with Crippen molar-refractivity contribution in [1.29, 1.82) is 0 Å². The highest BCUT2D eigenvalue weighted by atomic mass is 35.5. The molecular formula is C25H22ClNO3. The van der Waals surface area contributed by atoms with Gasteiger partial charge in [-0.2, -0.15) is 0 Å².